The number of carboxylic acid groups (broad SMARTS) is 1. The zero-order chi connectivity index (χ0) is 26.1. The average molecular weight is 504 g/mol. The van der Waals surface area contributed by atoms with Gasteiger partial charge < -0.3 is 14.9 Å². The minimum absolute atomic E-state index is 0.0379. The summed E-state index contributed by atoms with van der Waals surface area (Å²) in [5.41, 5.74) is -2.10. The summed E-state index contributed by atoms with van der Waals surface area (Å²) >= 11 is 6.27. The Bertz CT molecular complexity index is 1320. The van der Waals surface area contributed by atoms with Crippen molar-refractivity contribution in [3.8, 4) is 17.6 Å². The fraction of sp³-hybridized carbons (Fsp3) is 0.231. The fourth-order valence-electron chi connectivity index (χ4n) is 3.83. The third-order valence-electron chi connectivity index (χ3n) is 5.73. The van der Waals surface area contributed by atoms with E-state index in [0.29, 0.717) is 22.4 Å². The number of aryl methyl sites for hydroxylation is 3. The van der Waals surface area contributed by atoms with Gasteiger partial charge in [0.1, 0.15) is 11.5 Å². The maximum absolute atomic E-state index is 14.1. The van der Waals surface area contributed by atoms with Crippen LogP contribution in [0.15, 0.2) is 48.5 Å². The van der Waals surface area contributed by atoms with Crippen molar-refractivity contribution in [2.75, 3.05) is 0 Å². The smallest absolute Gasteiger partial charge is 0.421 e. The van der Waals surface area contributed by atoms with Crippen LogP contribution in [0, 0.1) is 32.1 Å². The molecule has 0 aliphatic rings. The van der Waals surface area contributed by atoms with E-state index in [4.69, 9.17) is 21.4 Å². The highest BCUT2D eigenvalue weighted by Gasteiger charge is 2.55. The number of aliphatic hydroxyl groups is 1. The largest absolute Gasteiger partial charge is 0.478 e. The molecule has 0 aliphatic heterocycles. The summed E-state index contributed by atoms with van der Waals surface area (Å²) in [6.07, 6.45) is -5.88. The summed E-state index contributed by atoms with van der Waals surface area (Å²) in [6, 6.07) is 12.7. The minimum Gasteiger partial charge on any atom is -0.478 e. The lowest BCUT2D eigenvalue weighted by atomic mass is 9.84. The van der Waals surface area contributed by atoms with Crippen LogP contribution in [0.1, 0.15) is 43.7 Å². The monoisotopic (exact) mass is 503 g/mol. The van der Waals surface area contributed by atoms with Crippen molar-refractivity contribution >= 4 is 17.6 Å². The molecule has 0 aliphatic carbocycles. The molecular weight excluding hydrogens is 483 g/mol. The van der Waals surface area contributed by atoms with Crippen molar-refractivity contribution in [3.05, 3.63) is 92.5 Å². The van der Waals surface area contributed by atoms with Crippen molar-refractivity contribution in [2.45, 2.75) is 39.0 Å². The van der Waals surface area contributed by atoms with E-state index in [1.54, 1.807) is 6.92 Å². The maximum atomic E-state index is 14.1. The topological polar surface area (TPSA) is 90.5 Å². The first-order valence-corrected chi connectivity index (χ1v) is 10.8. The SMILES string of the molecule is Cc1cc(Oc2ccc(C[C@](O)(c3cc(C)c(C#N)c(C)c3)C(F)(F)F)c(Cl)c2)ccc1C(=O)O. The van der Waals surface area contributed by atoms with Crippen LogP contribution in [-0.4, -0.2) is 22.4 Å². The number of nitriles is 1. The molecule has 3 rings (SSSR count). The average Bonchev–Trinajstić information content (AvgIpc) is 2.74. The minimum atomic E-state index is -5.03. The number of halogens is 4. The van der Waals surface area contributed by atoms with E-state index in [1.165, 1.54) is 50.2 Å². The molecule has 9 heteroatoms. The molecule has 0 fully saturated rings. The molecule has 0 radical (unpaired) electrons. The van der Waals surface area contributed by atoms with Crippen LogP contribution < -0.4 is 4.74 Å². The molecule has 3 aromatic rings. The molecular formula is C26H21ClF3NO4. The highest BCUT2D eigenvalue weighted by atomic mass is 35.5. The van der Waals surface area contributed by atoms with E-state index in [0.717, 1.165) is 12.1 Å². The summed E-state index contributed by atoms with van der Waals surface area (Å²) in [4.78, 5) is 11.2. The molecule has 0 bridgehead atoms. The number of hydrogen-bond donors (Lipinski definition) is 2. The van der Waals surface area contributed by atoms with E-state index in [9.17, 15) is 28.3 Å². The first-order valence-electron chi connectivity index (χ1n) is 10.4. The van der Waals surface area contributed by atoms with Gasteiger partial charge in [0.05, 0.1) is 17.2 Å². The second-order valence-corrected chi connectivity index (χ2v) is 8.68. The zero-order valence-electron chi connectivity index (χ0n) is 19.0. The van der Waals surface area contributed by atoms with E-state index >= 15 is 0 Å². The number of carbonyl (C=O) groups is 1. The maximum Gasteiger partial charge on any atom is 0.421 e. The van der Waals surface area contributed by atoms with Gasteiger partial charge in [-0.05, 0) is 78.9 Å². The molecule has 35 heavy (non-hydrogen) atoms. The Balaban J connectivity index is 1.94. The van der Waals surface area contributed by atoms with Crippen LogP contribution in [0.2, 0.25) is 5.02 Å². The lowest BCUT2D eigenvalue weighted by molar-refractivity contribution is -0.266. The van der Waals surface area contributed by atoms with Crippen molar-refractivity contribution < 1.29 is 32.9 Å². The second kappa shape index (κ2) is 9.61. The number of nitrogens with zero attached hydrogens (tertiary/aromatic N) is 1. The van der Waals surface area contributed by atoms with E-state index in [-0.39, 0.29) is 33.0 Å². The molecule has 1 atom stereocenters. The van der Waals surface area contributed by atoms with Crippen LogP contribution in [-0.2, 0) is 12.0 Å². The number of aromatic carboxylic acids is 1. The van der Waals surface area contributed by atoms with Gasteiger partial charge in [0.15, 0.2) is 5.60 Å². The first-order chi connectivity index (χ1) is 16.3. The lowest BCUT2D eigenvalue weighted by Crippen LogP contribution is -2.44. The third-order valence-corrected chi connectivity index (χ3v) is 6.08. The Hall–Kier alpha value is -3.54. The number of ether oxygens (including phenoxy) is 1. The zero-order valence-corrected chi connectivity index (χ0v) is 19.8. The van der Waals surface area contributed by atoms with Gasteiger partial charge in [0.2, 0.25) is 0 Å². The van der Waals surface area contributed by atoms with Gasteiger partial charge in [0.25, 0.3) is 0 Å². The van der Waals surface area contributed by atoms with Gasteiger partial charge >= 0.3 is 12.1 Å². The van der Waals surface area contributed by atoms with Crippen molar-refractivity contribution in [2.24, 2.45) is 0 Å². The summed E-state index contributed by atoms with van der Waals surface area (Å²) in [6.45, 7) is 4.63. The molecule has 3 aromatic carbocycles. The third kappa shape index (κ3) is 5.26. The number of hydrogen-bond acceptors (Lipinski definition) is 4. The Labute approximate surface area is 205 Å². The summed E-state index contributed by atoms with van der Waals surface area (Å²) in [5, 5.41) is 29.2. The highest BCUT2D eigenvalue weighted by Crippen LogP contribution is 2.44. The fourth-order valence-corrected chi connectivity index (χ4v) is 4.07. The quantitative estimate of drug-likeness (QED) is 0.394. The van der Waals surface area contributed by atoms with Crippen molar-refractivity contribution in [1.29, 1.82) is 5.26 Å². The highest BCUT2D eigenvalue weighted by molar-refractivity contribution is 6.31. The van der Waals surface area contributed by atoms with Gasteiger partial charge in [-0.25, -0.2) is 4.79 Å². The van der Waals surface area contributed by atoms with Crippen LogP contribution in [0.4, 0.5) is 13.2 Å². The van der Waals surface area contributed by atoms with E-state index in [2.05, 4.69) is 0 Å². The molecule has 0 saturated heterocycles. The van der Waals surface area contributed by atoms with E-state index in [1.807, 2.05) is 6.07 Å². The van der Waals surface area contributed by atoms with Gasteiger partial charge in [0, 0.05) is 11.4 Å². The molecule has 2 N–H and O–H groups in total. The van der Waals surface area contributed by atoms with Gasteiger partial charge in [-0.2, -0.15) is 18.4 Å². The van der Waals surface area contributed by atoms with Crippen molar-refractivity contribution in [1.82, 2.24) is 0 Å². The first kappa shape index (κ1) is 26.1. The van der Waals surface area contributed by atoms with Gasteiger partial charge in [-0.3, -0.25) is 0 Å². The van der Waals surface area contributed by atoms with Gasteiger partial charge in [-0.15, -0.1) is 0 Å². The molecule has 0 aromatic heterocycles. The van der Waals surface area contributed by atoms with Crippen LogP contribution in [0.3, 0.4) is 0 Å². The molecule has 0 heterocycles. The summed E-state index contributed by atoms with van der Waals surface area (Å²) < 4.78 is 48.0. The standard InChI is InChI=1S/C26H21ClF3NO4/c1-14-8-18(9-15(2)22(14)13-31)25(34,26(28,29)30)12-17-4-5-20(11-23(17)27)35-19-6-7-21(24(32)33)16(3)10-19/h4-11,34H,12H2,1-3H3,(H,32,33)/t25-/m0/s1. The Morgan fingerprint density at radius 3 is 2.06 bits per heavy atom. The molecule has 0 unspecified atom stereocenters. The molecule has 5 nitrogen and oxygen atoms in total. The number of alkyl halides is 3. The van der Waals surface area contributed by atoms with Crippen LogP contribution in [0.5, 0.6) is 11.5 Å². The molecule has 182 valence electrons. The summed E-state index contributed by atoms with van der Waals surface area (Å²) in [7, 11) is 0. The number of rotatable bonds is 6. The number of benzene rings is 3. The Morgan fingerprint density at radius 1 is 1.00 bits per heavy atom. The predicted molar refractivity (Wildman–Crippen MR) is 124 cm³/mol. The number of carboxylic acids is 1. The van der Waals surface area contributed by atoms with E-state index < -0.39 is 24.2 Å². The Morgan fingerprint density at radius 2 is 1.57 bits per heavy atom. The van der Waals surface area contributed by atoms with Crippen LogP contribution in [0.25, 0.3) is 0 Å². The lowest BCUT2D eigenvalue weighted by Gasteiger charge is -2.32. The molecule has 0 amide bonds. The molecule has 0 spiro atoms. The normalized spacial score (nSPS) is 13.1. The Kier molecular flexibility index (Phi) is 7.16. The molecule has 0 saturated carbocycles. The van der Waals surface area contributed by atoms with Gasteiger partial charge in [-0.1, -0.05) is 29.8 Å². The van der Waals surface area contributed by atoms with Crippen LogP contribution >= 0.6 is 11.6 Å². The predicted octanol–water partition coefficient (Wildman–Crippen LogP) is 6.62. The second-order valence-electron chi connectivity index (χ2n) is 8.27. The van der Waals surface area contributed by atoms with Crippen molar-refractivity contribution in [3.63, 3.8) is 0 Å². The summed E-state index contributed by atoms with van der Waals surface area (Å²) in [5.74, 6) is -0.528.